The molecule has 0 radical (unpaired) electrons. The zero-order valence-corrected chi connectivity index (χ0v) is 14.1. The van der Waals surface area contributed by atoms with Gasteiger partial charge < -0.3 is 10.2 Å². The lowest BCUT2D eigenvalue weighted by molar-refractivity contribution is 0.723. The van der Waals surface area contributed by atoms with Crippen LogP contribution < -0.4 is 10.2 Å². The molecule has 4 nitrogen and oxygen atoms in total. The van der Waals surface area contributed by atoms with Crippen molar-refractivity contribution >= 4 is 33.1 Å². The zero-order valence-electron chi connectivity index (χ0n) is 11.7. The van der Waals surface area contributed by atoms with Crippen LogP contribution in [-0.4, -0.2) is 23.9 Å². The molecular weight excluding hydrogens is 324 g/mol. The Balaban J connectivity index is 2.25. The maximum Gasteiger partial charge on any atom is 0.131 e. The number of anilines is 1. The Hall–Kier alpha value is -0.850. The standard InChI is InChI=1S/C13H19BrN4S/c1-9-11(6-15-2)13(18(4)16-9)17(3)7-10-5-12(14)19-8-10/h5,8,15H,6-7H2,1-4H3. The van der Waals surface area contributed by atoms with Crippen molar-refractivity contribution in [3.8, 4) is 0 Å². The molecule has 2 rings (SSSR count). The Morgan fingerprint density at radius 1 is 1.53 bits per heavy atom. The first kappa shape index (κ1) is 14.6. The van der Waals surface area contributed by atoms with E-state index in [-0.39, 0.29) is 0 Å². The average molecular weight is 343 g/mol. The number of thiophene rings is 1. The quantitative estimate of drug-likeness (QED) is 0.906. The smallest absolute Gasteiger partial charge is 0.131 e. The topological polar surface area (TPSA) is 33.1 Å². The highest BCUT2D eigenvalue weighted by Gasteiger charge is 2.16. The van der Waals surface area contributed by atoms with Crippen LogP contribution in [-0.2, 0) is 20.1 Å². The van der Waals surface area contributed by atoms with Crippen LogP contribution >= 0.6 is 27.3 Å². The van der Waals surface area contributed by atoms with Gasteiger partial charge >= 0.3 is 0 Å². The van der Waals surface area contributed by atoms with E-state index in [1.54, 1.807) is 11.3 Å². The third kappa shape index (κ3) is 3.19. The minimum Gasteiger partial charge on any atom is -0.355 e. The van der Waals surface area contributed by atoms with E-state index in [1.807, 2.05) is 18.8 Å². The summed E-state index contributed by atoms with van der Waals surface area (Å²) in [6, 6.07) is 2.17. The Morgan fingerprint density at radius 2 is 2.26 bits per heavy atom. The van der Waals surface area contributed by atoms with E-state index in [4.69, 9.17) is 0 Å². The fourth-order valence-electron chi connectivity index (χ4n) is 2.33. The minimum atomic E-state index is 0.840. The molecule has 0 aromatic carbocycles. The molecule has 0 fully saturated rings. The van der Waals surface area contributed by atoms with Crippen LogP contribution in [0.5, 0.6) is 0 Å². The molecule has 6 heteroatoms. The number of rotatable bonds is 5. The van der Waals surface area contributed by atoms with Crippen molar-refractivity contribution in [3.63, 3.8) is 0 Å². The first-order valence-corrected chi connectivity index (χ1v) is 7.81. The minimum absolute atomic E-state index is 0.840. The molecule has 0 saturated heterocycles. The van der Waals surface area contributed by atoms with E-state index in [0.717, 1.165) is 18.8 Å². The van der Waals surface area contributed by atoms with Crippen LogP contribution in [0.1, 0.15) is 16.8 Å². The Kier molecular flexibility index (Phi) is 4.65. The first-order valence-electron chi connectivity index (χ1n) is 6.14. The average Bonchev–Trinajstić information content (AvgIpc) is 2.84. The van der Waals surface area contributed by atoms with Gasteiger partial charge in [0.2, 0.25) is 0 Å². The molecule has 0 unspecified atom stereocenters. The monoisotopic (exact) mass is 342 g/mol. The zero-order chi connectivity index (χ0) is 14.0. The fraction of sp³-hybridized carbons (Fsp3) is 0.462. The van der Waals surface area contributed by atoms with Gasteiger partial charge in [0.25, 0.3) is 0 Å². The largest absolute Gasteiger partial charge is 0.355 e. The van der Waals surface area contributed by atoms with Crippen molar-refractivity contribution in [2.45, 2.75) is 20.0 Å². The van der Waals surface area contributed by atoms with Crippen molar-refractivity contribution in [3.05, 3.63) is 32.1 Å². The predicted molar refractivity (Wildman–Crippen MR) is 84.8 cm³/mol. The van der Waals surface area contributed by atoms with Gasteiger partial charge in [0, 0.05) is 32.7 Å². The third-order valence-corrected chi connectivity index (χ3v) is 4.62. The summed E-state index contributed by atoms with van der Waals surface area (Å²) in [5, 5.41) is 9.92. The van der Waals surface area contributed by atoms with E-state index < -0.39 is 0 Å². The van der Waals surface area contributed by atoms with Crippen LogP contribution in [0.3, 0.4) is 0 Å². The molecule has 104 valence electrons. The van der Waals surface area contributed by atoms with Crippen LogP contribution in [0, 0.1) is 6.92 Å². The van der Waals surface area contributed by atoms with E-state index in [1.165, 1.54) is 20.7 Å². The molecule has 0 aliphatic heterocycles. The molecule has 0 amide bonds. The second-order valence-electron chi connectivity index (χ2n) is 4.66. The summed E-state index contributed by atoms with van der Waals surface area (Å²) in [5.41, 5.74) is 3.67. The molecule has 2 heterocycles. The maximum atomic E-state index is 4.53. The number of nitrogens with one attached hydrogen (secondary N) is 1. The van der Waals surface area contributed by atoms with Crippen molar-refractivity contribution in [2.75, 3.05) is 19.0 Å². The lowest BCUT2D eigenvalue weighted by atomic mass is 10.2. The molecule has 1 N–H and O–H groups in total. The van der Waals surface area contributed by atoms with Gasteiger partial charge in [-0.1, -0.05) is 0 Å². The summed E-state index contributed by atoms with van der Waals surface area (Å²) < 4.78 is 3.14. The molecule has 0 atom stereocenters. The van der Waals surface area contributed by atoms with Gasteiger partial charge in [-0.25, -0.2) is 0 Å². The highest BCUT2D eigenvalue weighted by molar-refractivity contribution is 9.11. The number of aryl methyl sites for hydroxylation is 2. The summed E-state index contributed by atoms with van der Waals surface area (Å²) in [7, 11) is 6.08. The highest BCUT2D eigenvalue weighted by Crippen LogP contribution is 2.26. The SMILES string of the molecule is CNCc1c(C)nn(C)c1N(C)Cc1csc(Br)c1. The van der Waals surface area contributed by atoms with E-state index in [0.29, 0.717) is 0 Å². The van der Waals surface area contributed by atoms with Gasteiger partial charge in [-0.2, -0.15) is 5.10 Å². The Morgan fingerprint density at radius 3 is 2.84 bits per heavy atom. The van der Waals surface area contributed by atoms with Crippen LogP contribution in [0.2, 0.25) is 0 Å². The fourth-order valence-corrected chi connectivity index (χ4v) is 3.53. The van der Waals surface area contributed by atoms with E-state index in [2.05, 4.69) is 56.7 Å². The highest BCUT2D eigenvalue weighted by atomic mass is 79.9. The van der Waals surface area contributed by atoms with Gasteiger partial charge in [-0.15, -0.1) is 11.3 Å². The molecular formula is C13H19BrN4S. The number of nitrogens with zero attached hydrogens (tertiary/aromatic N) is 3. The second-order valence-corrected chi connectivity index (χ2v) is 6.95. The Bertz CT molecular complexity index is 561. The van der Waals surface area contributed by atoms with Crippen molar-refractivity contribution in [2.24, 2.45) is 7.05 Å². The van der Waals surface area contributed by atoms with Crippen LogP contribution in [0.25, 0.3) is 0 Å². The molecule has 0 aliphatic rings. The van der Waals surface area contributed by atoms with Gasteiger partial charge in [-0.05, 0) is 46.9 Å². The molecule has 19 heavy (non-hydrogen) atoms. The van der Waals surface area contributed by atoms with Crippen molar-refractivity contribution < 1.29 is 0 Å². The number of hydrogen-bond acceptors (Lipinski definition) is 4. The number of aromatic nitrogens is 2. The van der Waals surface area contributed by atoms with Crippen molar-refractivity contribution in [1.29, 1.82) is 0 Å². The van der Waals surface area contributed by atoms with Gasteiger partial charge in [0.05, 0.1) is 9.48 Å². The van der Waals surface area contributed by atoms with Crippen LogP contribution in [0.15, 0.2) is 15.2 Å². The molecule has 0 spiro atoms. The molecule has 2 aromatic heterocycles. The third-order valence-electron chi connectivity index (χ3n) is 3.07. The predicted octanol–water partition coefficient (Wildman–Crippen LogP) is 2.91. The van der Waals surface area contributed by atoms with E-state index >= 15 is 0 Å². The number of hydrogen-bond donors (Lipinski definition) is 1. The molecule has 2 aromatic rings. The molecule has 0 aliphatic carbocycles. The maximum absolute atomic E-state index is 4.53. The summed E-state index contributed by atoms with van der Waals surface area (Å²) in [5.74, 6) is 1.18. The summed E-state index contributed by atoms with van der Waals surface area (Å²) in [6.07, 6.45) is 0. The molecule has 0 bridgehead atoms. The first-order chi connectivity index (χ1) is 9.02. The summed E-state index contributed by atoms with van der Waals surface area (Å²) >= 11 is 5.23. The van der Waals surface area contributed by atoms with Crippen LogP contribution in [0.4, 0.5) is 5.82 Å². The van der Waals surface area contributed by atoms with Crippen molar-refractivity contribution in [1.82, 2.24) is 15.1 Å². The molecule has 0 saturated carbocycles. The lowest BCUT2D eigenvalue weighted by Gasteiger charge is -2.20. The summed E-state index contributed by atoms with van der Waals surface area (Å²) in [6.45, 7) is 3.79. The summed E-state index contributed by atoms with van der Waals surface area (Å²) in [4.78, 5) is 2.25. The normalized spacial score (nSPS) is 11.0. The van der Waals surface area contributed by atoms with E-state index in [9.17, 15) is 0 Å². The lowest BCUT2D eigenvalue weighted by Crippen LogP contribution is -2.21. The Labute approximate surface area is 126 Å². The second kappa shape index (κ2) is 6.07. The van der Waals surface area contributed by atoms with Gasteiger partial charge in [-0.3, -0.25) is 4.68 Å². The number of halogens is 1. The van der Waals surface area contributed by atoms with Gasteiger partial charge in [0.15, 0.2) is 0 Å². The van der Waals surface area contributed by atoms with Gasteiger partial charge in [0.1, 0.15) is 5.82 Å².